The molecule has 0 aliphatic carbocycles. The molecule has 0 atom stereocenters. The minimum atomic E-state index is -0.135. The highest BCUT2D eigenvalue weighted by Gasteiger charge is 2.30. The summed E-state index contributed by atoms with van der Waals surface area (Å²) in [5.41, 5.74) is 6.33. The molecule has 6 heteroatoms. The molecule has 31 heavy (non-hydrogen) atoms. The first-order chi connectivity index (χ1) is 14.7. The third-order valence-corrected chi connectivity index (χ3v) is 7.05. The summed E-state index contributed by atoms with van der Waals surface area (Å²) in [6.45, 7) is 11.7. The maximum atomic E-state index is 12.5. The number of rotatable bonds is 3. The molecule has 0 aromatic heterocycles. The zero-order chi connectivity index (χ0) is 22.3. The smallest absolute Gasteiger partial charge is 0.264 e. The molecule has 0 radical (unpaired) electrons. The first-order valence-corrected chi connectivity index (χ1v) is 11.6. The summed E-state index contributed by atoms with van der Waals surface area (Å²) < 4.78 is 0. The van der Waals surface area contributed by atoms with Crippen LogP contribution >= 0.6 is 23.4 Å². The number of hydrogen-bond donors (Lipinski definition) is 1. The number of anilines is 1. The minimum Gasteiger partial charge on any atom is -0.363 e. The van der Waals surface area contributed by atoms with Gasteiger partial charge in [0.15, 0.2) is 5.17 Å². The molecule has 2 aliphatic rings. The van der Waals surface area contributed by atoms with Crippen molar-refractivity contribution < 1.29 is 4.79 Å². The third kappa shape index (κ3) is 4.17. The van der Waals surface area contributed by atoms with E-state index in [1.807, 2.05) is 31.2 Å². The Bertz CT molecular complexity index is 1160. The van der Waals surface area contributed by atoms with E-state index in [4.69, 9.17) is 11.6 Å². The quantitative estimate of drug-likeness (QED) is 0.537. The minimum absolute atomic E-state index is 0.0170. The van der Waals surface area contributed by atoms with E-state index in [0.29, 0.717) is 15.1 Å². The van der Waals surface area contributed by atoms with Gasteiger partial charge in [0.25, 0.3) is 5.91 Å². The van der Waals surface area contributed by atoms with Crippen LogP contribution in [0.5, 0.6) is 0 Å². The van der Waals surface area contributed by atoms with Gasteiger partial charge in [-0.15, -0.1) is 0 Å². The standard InChI is InChI=1S/C25H26ClN3OS/c1-6-29-21-11-10-17(12-18(21)15(2)14-25(29,4)5)13-22-23(30)28-24(31-22)27-20-9-7-8-19(26)16(20)3/h7-14H,6H2,1-5H3,(H,27,28,30)/b22-13-. The summed E-state index contributed by atoms with van der Waals surface area (Å²) >= 11 is 7.54. The van der Waals surface area contributed by atoms with Crippen molar-refractivity contribution in [1.82, 2.24) is 5.32 Å². The number of aliphatic imine (C=N–C) groups is 1. The summed E-state index contributed by atoms with van der Waals surface area (Å²) in [7, 11) is 0. The number of hydrogen-bond acceptors (Lipinski definition) is 4. The van der Waals surface area contributed by atoms with Crippen LogP contribution < -0.4 is 10.2 Å². The third-order valence-electron chi connectivity index (χ3n) is 5.73. The fraction of sp³-hybridized carbons (Fsp3) is 0.280. The first-order valence-electron chi connectivity index (χ1n) is 10.4. The predicted molar refractivity (Wildman–Crippen MR) is 134 cm³/mol. The van der Waals surface area contributed by atoms with E-state index in [1.54, 1.807) is 0 Å². The lowest BCUT2D eigenvalue weighted by Gasteiger charge is -2.42. The second-order valence-corrected chi connectivity index (χ2v) is 9.81. The molecule has 2 aliphatic heterocycles. The molecule has 2 heterocycles. The number of amidine groups is 1. The zero-order valence-corrected chi connectivity index (χ0v) is 20.0. The highest BCUT2D eigenvalue weighted by Crippen LogP contribution is 2.40. The van der Waals surface area contributed by atoms with Crippen molar-refractivity contribution in [1.29, 1.82) is 0 Å². The maximum Gasteiger partial charge on any atom is 0.264 e. The molecule has 0 spiro atoms. The molecular weight excluding hydrogens is 426 g/mol. The molecule has 1 fully saturated rings. The maximum absolute atomic E-state index is 12.5. The van der Waals surface area contributed by atoms with Crippen molar-refractivity contribution >= 4 is 57.5 Å². The lowest BCUT2D eigenvalue weighted by Crippen LogP contribution is -2.44. The Balaban J connectivity index is 1.64. The lowest BCUT2D eigenvalue weighted by atomic mass is 9.88. The van der Waals surface area contributed by atoms with Gasteiger partial charge in [-0.1, -0.05) is 29.8 Å². The largest absolute Gasteiger partial charge is 0.363 e. The Morgan fingerprint density at radius 3 is 2.74 bits per heavy atom. The van der Waals surface area contributed by atoms with Crippen LogP contribution in [0.15, 0.2) is 52.4 Å². The number of amides is 1. The SMILES string of the molecule is CCN1c2ccc(/C=C3\SC(=Nc4cccc(Cl)c4C)NC3=O)cc2C(C)=CC1(C)C. The zero-order valence-electron chi connectivity index (χ0n) is 18.4. The highest BCUT2D eigenvalue weighted by molar-refractivity contribution is 8.18. The Hall–Kier alpha value is -2.50. The number of halogens is 1. The average molecular weight is 452 g/mol. The monoisotopic (exact) mass is 451 g/mol. The number of carbonyl (C=O) groups is 1. The van der Waals surface area contributed by atoms with Gasteiger partial charge in [-0.2, -0.15) is 0 Å². The molecule has 1 N–H and O–H groups in total. The van der Waals surface area contributed by atoms with Crippen LogP contribution in [0.25, 0.3) is 11.6 Å². The number of carbonyl (C=O) groups excluding carboxylic acids is 1. The Morgan fingerprint density at radius 2 is 2.00 bits per heavy atom. The summed E-state index contributed by atoms with van der Waals surface area (Å²) in [5.74, 6) is -0.135. The number of likely N-dealkylation sites (N-methyl/N-ethyl adjacent to an activating group) is 1. The van der Waals surface area contributed by atoms with E-state index in [-0.39, 0.29) is 11.4 Å². The lowest BCUT2D eigenvalue weighted by molar-refractivity contribution is -0.115. The molecule has 1 saturated heterocycles. The van der Waals surface area contributed by atoms with Gasteiger partial charge in [0.1, 0.15) is 0 Å². The second kappa shape index (κ2) is 8.21. The van der Waals surface area contributed by atoms with Crippen molar-refractivity contribution in [2.24, 2.45) is 4.99 Å². The van der Waals surface area contributed by atoms with Crippen molar-refractivity contribution in [3.63, 3.8) is 0 Å². The van der Waals surface area contributed by atoms with E-state index < -0.39 is 0 Å². The van der Waals surface area contributed by atoms with E-state index >= 15 is 0 Å². The fourth-order valence-corrected chi connectivity index (χ4v) is 5.23. The van der Waals surface area contributed by atoms with Gasteiger partial charge in [0.2, 0.25) is 0 Å². The molecule has 2 aromatic rings. The topological polar surface area (TPSA) is 44.7 Å². The molecule has 4 rings (SSSR count). The second-order valence-electron chi connectivity index (χ2n) is 8.37. The summed E-state index contributed by atoms with van der Waals surface area (Å²) in [6, 6.07) is 12.0. The summed E-state index contributed by atoms with van der Waals surface area (Å²) in [5, 5.41) is 4.09. The Kier molecular flexibility index (Phi) is 5.75. The van der Waals surface area contributed by atoms with Crippen LogP contribution in [-0.4, -0.2) is 23.2 Å². The molecule has 1 amide bonds. The van der Waals surface area contributed by atoms with E-state index in [0.717, 1.165) is 23.4 Å². The average Bonchev–Trinajstić information content (AvgIpc) is 3.04. The van der Waals surface area contributed by atoms with E-state index in [9.17, 15) is 4.79 Å². The normalized spacial score (nSPS) is 20.1. The van der Waals surface area contributed by atoms with Crippen molar-refractivity contribution in [2.75, 3.05) is 11.4 Å². The van der Waals surface area contributed by atoms with Gasteiger partial charge < -0.3 is 10.2 Å². The van der Waals surface area contributed by atoms with Crippen LogP contribution in [-0.2, 0) is 4.79 Å². The molecule has 2 aromatic carbocycles. The molecule has 0 bridgehead atoms. The predicted octanol–water partition coefficient (Wildman–Crippen LogP) is 6.56. The molecule has 4 nitrogen and oxygen atoms in total. The van der Waals surface area contributed by atoms with Gasteiger partial charge >= 0.3 is 0 Å². The molecule has 160 valence electrons. The van der Waals surface area contributed by atoms with Crippen molar-refractivity contribution in [3.05, 3.63) is 69.1 Å². The molecule has 0 saturated carbocycles. The van der Waals surface area contributed by atoms with Crippen LogP contribution in [0, 0.1) is 6.92 Å². The molecular formula is C25H26ClN3OS. The summed E-state index contributed by atoms with van der Waals surface area (Å²) in [4.78, 5) is 20.2. The number of thioether (sulfide) groups is 1. The highest BCUT2D eigenvalue weighted by atomic mass is 35.5. The van der Waals surface area contributed by atoms with Crippen molar-refractivity contribution in [2.45, 2.75) is 40.2 Å². The van der Waals surface area contributed by atoms with Gasteiger partial charge in [-0.3, -0.25) is 4.79 Å². The van der Waals surface area contributed by atoms with Crippen molar-refractivity contribution in [3.8, 4) is 0 Å². The Labute approximate surface area is 193 Å². The van der Waals surface area contributed by atoms with Crippen LogP contribution in [0.1, 0.15) is 44.4 Å². The van der Waals surface area contributed by atoms with Gasteiger partial charge in [0.05, 0.1) is 16.1 Å². The van der Waals surface area contributed by atoms with Gasteiger partial charge in [-0.05, 0) is 93.4 Å². The number of nitrogens with one attached hydrogen (secondary N) is 1. The Morgan fingerprint density at radius 1 is 1.23 bits per heavy atom. The van der Waals surface area contributed by atoms with E-state index in [1.165, 1.54) is 28.6 Å². The first kappa shape index (κ1) is 21.7. The van der Waals surface area contributed by atoms with Gasteiger partial charge in [0, 0.05) is 22.8 Å². The molecule has 0 unspecified atom stereocenters. The summed E-state index contributed by atoms with van der Waals surface area (Å²) in [6.07, 6.45) is 4.24. The van der Waals surface area contributed by atoms with Gasteiger partial charge in [-0.25, -0.2) is 4.99 Å². The van der Waals surface area contributed by atoms with Crippen LogP contribution in [0.2, 0.25) is 5.02 Å². The van der Waals surface area contributed by atoms with Crippen LogP contribution in [0.4, 0.5) is 11.4 Å². The number of benzene rings is 2. The van der Waals surface area contributed by atoms with Crippen LogP contribution in [0.3, 0.4) is 0 Å². The number of nitrogens with zero attached hydrogens (tertiary/aromatic N) is 2. The fourth-order valence-electron chi connectivity index (χ4n) is 4.23. The number of fused-ring (bicyclic) bond motifs is 1. The van der Waals surface area contributed by atoms with E-state index in [2.05, 4.69) is 67.2 Å². The number of allylic oxidation sites excluding steroid dienone is 1.